The van der Waals surface area contributed by atoms with Crippen LogP contribution < -0.4 is 0 Å². The van der Waals surface area contributed by atoms with Gasteiger partial charge in [-0.15, -0.1) is 0 Å². The van der Waals surface area contributed by atoms with Crippen molar-refractivity contribution in [2.75, 3.05) is 0 Å². The van der Waals surface area contributed by atoms with Crippen molar-refractivity contribution < 1.29 is 0 Å². The lowest BCUT2D eigenvalue weighted by molar-refractivity contribution is 0.517. The minimum atomic E-state index is 0.434. The Balaban J connectivity index is 2.99. The molecule has 0 radical (unpaired) electrons. The third-order valence-corrected chi connectivity index (χ3v) is 4.89. The van der Waals surface area contributed by atoms with E-state index >= 15 is 0 Å². The van der Waals surface area contributed by atoms with Crippen LogP contribution >= 0.6 is 27.5 Å². The highest BCUT2D eigenvalue weighted by Crippen LogP contribution is 2.37. The molecule has 2 unspecified atom stereocenters. The van der Waals surface area contributed by atoms with Gasteiger partial charge >= 0.3 is 0 Å². The summed E-state index contributed by atoms with van der Waals surface area (Å²) in [5, 5.41) is 0.865. The van der Waals surface area contributed by atoms with E-state index in [2.05, 4.69) is 55.8 Å². The van der Waals surface area contributed by atoms with Crippen molar-refractivity contribution in [3.63, 3.8) is 0 Å². The highest BCUT2D eigenvalue weighted by atomic mass is 79.9. The first kappa shape index (κ1) is 14.1. The van der Waals surface area contributed by atoms with Crippen LogP contribution in [0.1, 0.15) is 48.2 Å². The minimum Gasteiger partial charge on any atom is -0.0840 e. The second-order valence-electron chi connectivity index (χ2n) is 4.63. The molecular formula is C14H20BrCl. The Hall–Kier alpha value is -0.0100. The van der Waals surface area contributed by atoms with E-state index in [-0.39, 0.29) is 0 Å². The zero-order valence-electron chi connectivity index (χ0n) is 10.5. The van der Waals surface area contributed by atoms with Gasteiger partial charge in [0.05, 0.1) is 0 Å². The molecule has 0 bridgehead atoms. The average molecular weight is 304 g/mol. The van der Waals surface area contributed by atoms with Crippen LogP contribution in [0, 0.1) is 19.8 Å². The van der Waals surface area contributed by atoms with E-state index in [1.807, 2.05) is 0 Å². The Morgan fingerprint density at radius 1 is 1.25 bits per heavy atom. The molecule has 16 heavy (non-hydrogen) atoms. The van der Waals surface area contributed by atoms with E-state index in [1.165, 1.54) is 24.0 Å². The quantitative estimate of drug-likeness (QED) is 0.614. The standard InChI is InChI=1S/C14H20BrCl/c1-5-6-9(2)14(15)12-7-11(4)13(16)8-10(12)3/h7-9,14H,5-6H2,1-4H3. The largest absolute Gasteiger partial charge is 0.0840 e. The SMILES string of the molecule is CCCC(C)C(Br)c1cc(C)c(Cl)cc1C. The van der Waals surface area contributed by atoms with Crippen molar-refractivity contribution in [1.29, 1.82) is 0 Å². The normalized spacial score (nSPS) is 14.9. The molecule has 0 heterocycles. The van der Waals surface area contributed by atoms with E-state index in [0.29, 0.717) is 10.7 Å². The molecule has 0 amide bonds. The number of alkyl halides is 1. The molecule has 0 aromatic heterocycles. The van der Waals surface area contributed by atoms with Crippen LogP contribution in [0.4, 0.5) is 0 Å². The summed E-state index contributed by atoms with van der Waals surface area (Å²) >= 11 is 9.93. The molecule has 90 valence electrons. The Morgan fingerprint density at radius 2 is 1.88 bits per heavy atom. The van der Waals surface area contributed by atoms with Crippen molar-refractivity contribution in [3.05, 3.63) is 33.8 Å². The fourth-order valence-corrected chi connectivity index (χ4v) is 2.98. The summed E-state index contributed by atoms with van der Waals surface area (Å²) < 4.78 is 0. The predicted molar refractivity (Wildman–Crippen MR) is 76.7 cm³/mol. The number of halogens is 2. The third kappa shape index (κ3) is 3.24. The fraction of sp³-hybridized carbons (Fsp3) is 0.571. The van der Waals surface area contributed by atoms with Gasteiger partial charge in [-0.1, -0.05) is 53.9 Å². The highest BCUT2D eigenvalue weighted by Gasteiger charge is 2.18. The molecule has 0 aliphatic rings. The molecule has 0 aliphatic heterocycles. The van der Waals surface area contributed by atoms with E-state index in [0.717, 1.165) is 10.6 Å². The van der Waals surface area contributed by atoms with Gasteiger partial charge in [-0.25, -0.2) is 0 Å². The highest BCUT2D eigenvalue weighted by molar-refractivity contribution is 9.09. The van der Waals surface area contributed by atoms with Gasteiger partial charge in [0.25, 0.3) is 0 Å². The molecule has 1 aromatic rings. The first-order valence-electron chi connectivity index (χ1n) is 5.88. The molecule has 1 aromatic carbocycles. The minimum absolute atomic E-state index is 0.434. The van der Waals surface area contributed by atoms with Crippen LogP contribution in [-0.4, -0.2) is 0 Å². The van der Waals surface area contributed by atoms with Crippen molar-refractivity contribution in [3.8, 4) is 0 Å². The Bertz CT molecular complexity index is 360. The van der Waals surface area contributed by atoms with Crippen LogP contribution in [-0.2, 0) is 0 Å². The van der Waals surface area contributed by atoms with Gasteiger partial charge in [0.2, 0.25) is 0 Å². The zero-order chi connectivity index (χ0) is 12.3. The molecule has 0 saturated heterocycles. The number of benzene rings is 1. The maximum atomic E-state index is 6.12. The topological polar surface area (TPSA) is 0 Å². The predicted octanol–water partition coefficient (Wildman–Crippen LogP) is 5.83. The van der Waals surface area contributed by atoms with Crippen LogP contribution in [0.15, 0.2) is 12.1 Å². The molecule has 0 spiro atoms. The Kier molecular flexibility index (Phi) is 5.33. The molecule has 0 saturated carbocycles. The van der Waals surface area contributed by atoms with E-state index in [4.69, 9.17) is 11.6 Å². The van der Waals surface area contributed by atoms with Crippen LogP contribution in [0.2, 0.25) is 5.02 Å². The maximum Gasteiger partial charge on any atom is 0.0438 e. The van der Waals surface area contributed by atoms with Gasteiger partial charge in [-0.2, -0.15) is 0 Å². The number of hydrogen-bond acceptors (Lipinski definition) is 0. The molecule has 2 heteroatoms. The van der Waals surface area contributed by atoms with Gasteiger partial charge in [0.15, 0.2) is 0 Å². The fourth-order valence-electron chi connectivity index (χ4n) is 2.01. The van der Waals surface area contributed by atoms with Crippen molar-refractivity contribution in [1.82, 2.24) is 0 Å². The Labute approximate surface area is 113 Å². The summed E-state index contributed by atoms with van der Waals surface area (Å²) in [5.74, 6) is 0.657. The first-order chi connectivity index (χ1) is 7.47. The molecule has 1 rings (SSSR count). The van der Waals surface area contributed by atoms with E-state index in [1.54, 1.807) is 0 Å². The van der Waals surface area contributed by atoms with E-state index < -0.39 is 0 Å². The Morgan fingerprint density at radius 3 is 2.44 bits per heavy atom. The van der Waals surface area contributed by atoms with E-state index in [9.17, 15) is 0 Å². The van der Waals surface area contributed by atoms with Crippen molar-refractivity contribution in [2.24, 2.45) is 5.92 Å². The van der Waals surface area contributed by atoms with Gasteiger partial charge < -0.3 is 0 Å². The summed E-state index contributed by atoms with van der Waals surface area (Å²) in [7, 11) is 0. The molecular weight excluding hydrogens is 284 g/mol. The summed E-state index contributed by atoms with van der Waals surface area (Å²) in [4.78, 5) is 0.434. The maximum absolute atomic E-state index is 6.12. The molecule has 0 nitrogen and oxygen atoms in total. The summed E-state index contributed by atoms with van der Waals surface area (Å²) in [6.45, 7) is 8.73. The molecule has 2 atom stereocenters. The van der Waals surface area contributed by atoms with Crippen molar-refractivity contribution in [2.45, 2.75) is 45.4 Å². The summed E-state index contributed by atoms with van der Waals surface area (Å²) in [6.07, 6.45) is 2.48. The monoisotopic (exact) mass is 302 g/mol. The zero-order valence-corrected chi connectivity index (χ0v) is 12.8. The van der Waals surface area contributed by atoms with Crippen molar-refractivity contribution >= 4 is 27.5 Å². The average Bonchev–Trinajstić information content (AvgIpc) is 2.23. The number of hydrogen-bond donors (Lipinski definition) is 0. The molecule has 0 N–H and O–H groups in total. The van der Waals surface area contributed by atoms with Crippen LogP contribution in [0.5, 0.6) is 0 Å². The first-order valence-corrected chi connectivity index (χ1v) is 7.17. The summed E-state index contributed by atoms with van der Waals surface area (Å²) in [6, 6.07) is 4.28. The van der Waals surface area contributed by atoms with Gasteiger partial charge in [-0.05, 0) is 48.9 Å². The van der Waals surface area contributed by atoms with Crippen LogP contribution in [0.25, 0.3) is 0 Å². The smallest absolute Gasteiger partial charge is 0.0438 e. The lowest BCUT2D eigenvalue weighted by Crippen LogP contribution is -2.05. The summed E-state index contributed by atoms with van der Waals surface area (Å²) in [5.41, 5.74) is 3.82. The van der Waals surface area contributed by atoms with Gasteiger partial charge in [0, 0.05) is 9.85 Å². The lowest BCUT2D eigenvalue weighted by Gasteiger charge is -2.21. The lowest BCUT2D eigenvalue weighted by atomic mass is 9.93. The number of rotatable bonds is 4. The van der Waals surface area contributed by atoms with Crippen LogP contribution in [0.3, 0.4) is 0 Å². The molecule has 0 fully saturated rings. The van der Waals surface area contributed by atoms with Gasteiger partial charge in [-0.3, -0.25) is 0 Å². The van der Waals surface area contributed by atoms with Gasteiger partial charge in [0.1, 0.15) is 0 Å². The third-order valence-electron chi connectivity index (χ3n) is 3.09. The molecule has 0 aliphatic carbocycles. The second kappa shape index (κ2) is 6.07. The second-order valence-corrected chi connectivity index (χ2v) is 6.02. The number of aryl methyl sites for hydroxylation is 2.